The first-order valence-electron chi connectivity index (χ1n) is 8.45. The van der Waals surface area contributed by atoms with Gasteiger partial charge in [-0.2, -0.15) is 0 Å². The fourth-order valence-corrected chi connectivity index (χ4v) is 2.89. The van der Waals surface area contributed by atoms with Crippen LogP contribution in [0.3, 0.4) is 0 Å². The second-order valence-corrected chi connectivity index (χ2v) is 6.66. The zero-order chi connectivity index (χ0) is 20.3. The summed E-state index contributed by atoms with van der Waals surface area (Å²) in [7, 11) is 0. The van der Waals surface area contributed by atoms with Crippen molar-refractivity contribution in [2.75, 3.05) is 5.32 Å². The van der Waals surface area contributed by atoms with E-state index in [2.05, 4.69) is 5.32 Å². The number of aromatic nitrogens is 2. The third-order valence-corrected chi connectivity index (χ3v) is 4.58. The fourth-order valence-electron chi connectivity index (χ4n) is 2.70. The highest BCUT2D eigenvalue weighted by molar-refractivity contribution is 6.31. The minimum atomic E-state index is -0.640. The third-order valence-electron chi connectivity index (χ3n) is 4.21. The van der Waals surface area contributed by atoms with Gasteiger partial charge in [0.05, 0.1) is 6.54 Å². The zero-order valence-corrected chi connectivity index (χ0v) is 15.7. The van der Waals surface area contributed by atoms with Gasteiger partial charge in [0.1, 0.15) is 12.4 Å². The number of nitrogens with one attached hydrogen (secondary N) is 1. The average molecular weight is 402 g/mol. The van der Waals surface area contributed by atoms with Crippen molar-refractivity contribution in [1.82, 2.24) is 9.13 Å². The molecule has 144 valence electrons. The summed E-state index contributed by atoms with van der Waals surface area (Å²) in [6, 6.07) is 12.2. The van der Waals surface area contributed by atoms with Crippen molar-refractivity contribution in [1.29, 1.82) is 0 Å². The Labute approximate surface area is 164 Å². The number of benzene rings is 2. The van der Waals surface area contributed by atoms with E-state index in [9.17, 15) is 18.8 Å². The van der Waals surface area contributed by atoms with Gasteiger partial charge in [0.2, 0.25) is 5.91 Å². The molecule has 3 rings (SSSR count). The summed E-state index contributed by atoms with van der Waals surface area (Å²) in [5.41, 5.74) is 0.401. The molecule has 8 heteroatoms. The Bertz CT molecular complexity index is 1150. The lowest BCUT2D eigenvalue weighted by Gasteiger charge is -2.12. The SMILES string of the molecule is Cc1ccc(F)cc1NC(=O)Cn1c(=O)ccn(Cc2ccccc2Cl)c1=O. The van der Waals surface area contributed by atoms with Gasteiger partial charge in [0, 0.05) is 23.0 Å². The normalized spacial score (nSPS) is 10.7. The molecule has 0 bridgehead atoms. The molecule has 0 aliphatic carbocycles. The summed E-state index contributed by atoms with van der Waals surface area (Å²) < 4.78 is 15.5. The first kappa shape index (κ1) is 19.6. The summed E-state index contributed by atoms with van der Waals surface area (Å²) in [5.74, 6) is -1.11. The molecule has 1 aromatic heterocycles. The molecule has 3 aromatic rings. The van der Waals surface area contributed by atoms with Crippen LogP contribution in [0.1, 0.15) is 11.1 Å². The fraction of sp³-hybridized carbons (Fsp3) is 0.150. The van der Waals surface area contributed by atoms with Crippen LogP contribution in [0.5, 0.6) is 0 Å². The van der Waals surface area contributed by atoms with Crippen molar-refractivity contribution in [2.24, 2.45) is 0 Å². The van der Waals surface area contributed by atoms with Gasteiger partial charge in [0.15, 0.2) is 0 Å². The van der Waals surface area contributed by atoms with Crippen molar-refractivity contribution in [3.63, 3.8) is 0 Å². The van der Waals surface area contributed by atoms with Crippen molar-refractivity contribution < 1.29 is 9.18 Å². The van der Waals surface area contributed by atoms with Gasteiger partial charge in [0.25, 0.3) is 5.56 Å². The Hall–Kier alpha value is -3.19. The van der Waals surface area contributed by atoms with E-state index in [0.29, 0.717) is 16.1 Å². The van der Waals surface area contributed by atoms with Gasteiger partial charge in [-0.25, -0.2) is 9.18 Å². The highest BCUT2D eigenvalue weighted by atomic mass is 35.5. The van der Waals surface area contributed by atoms with Crippen molar-refractivity contribution in [2.45, 2.75) is 20.0 Å². The lowest BCUT2D eigenvalue weighted by Crippen LogP contribution is -2.41. The first-order valence-corrected chi connectivity index (χ1v) is 8.82. The Balaban J connectivity index is 1.85. The minimum Gasteiger partial charge on any atom is -0.324 e. The lowest BCUT2D eigenvalue weighted by molar-refractivity contribution is -0.116. The summed E-state index contributed by atoms with van der Waals surface area (Å²) in [6.07, 6.45) is 1.36. The summed E-state index contributed by atoms with van der Waals surface area (Å²) in [5, 5.41) is 3.02. The van der Waals surface area contributed by atoms with Crippen LogP contribution in [0.2, 0.25) is 5.02 Å². The molecule has 28 heavy (non-hydrogen) atoms. The average Bonchev–Trinajstić information content (AvgIpc) is 2.65. The molecule has 0 unspecified atom stereocenters. The number of nitrogens with zero attached hydrogens (tertiary/aromatic N) is 2. The molecule has 0 fully saturated rings. The Kier molecular flexibility index (Phi) is 5.75. The monoisotopic (exact) mass is 401 g/mol. The number of carbonyl (C=O) groups is 1. The van der Waals surface area contributed by atoms with E-state index in [0.717, 1.165) is 4.57 Å². The highest BCUT2D eigenvalue weighted by Crippen LogP contribution is 2.16. The second-order valence-electron chi connectivity index (χ2n) is 6.25. The quantitative estimate of drug-likeness (QED) is 0.714. The lowest BCUT2D eigenvalue weighted by atomic mass is 10.2. The van der Waals surface area contributed by atoms with E-state index < -0.39 is 29.5 Å². The first-order chi connectivity index (χ1) is 13.3. The molecule has 0 atom stereocenters. The third kappa shape index (κ3) is 4.37. The smallest absolute Gasteiger partial charge is 0.324 e. The van der Waals surface area contributed by atoms with Crippen LogP contribution >= 0.6 is 11.6 Å². The standard InChI is InChI=1S/C20H17ClFN3O3/c1-13-6-7-15(22)10-17(13)23-18(26)12-25-19(27)8-9-24(20(25)28)11-14-4-2-3-5-16(14)21/h2-10H,11-12H2,1H3,(H,23,26). The van der Waals surface area contributed by atoms with Gasteiger partial charge in [-0.05, 0) is 36.2 Å². The molecule has 0 saturated heterocycles. The molecular formula is C20H17ClFN3O3. The van der Waals surface area contributed by atoms with E-state index in [4.69, 9.17) is 11.6 Å². The van der Waals surface area contributed by atoms with E-state index in [1.807, 2.05) is 0 Å². The Morgan fingerprint density at radius 2 is 1.89 bits per heavy atom. The number of halogens is 2. The molecule has 1 N–H and O–H groups in total. The molecule has 0 aliphatic heterocycles. The van der Waals surface area contributed by atoms with Crippen LogP contribution in [0, 0.1) is 12.7 Å². The molecule has 6 nitrogen and oxygen atoms in total. The van der Waals surface area contributed by atoms with Gasteiger partial charge in [-0.3, -0.25) is 18.7 Å². The van der Waals surface area contributed by atoms with E-state index in [1.165, 1.54) is 35.0 Å². The molecule has 0 radical (unpaired) electrons. The van der Waals surface area contributed by atoms with E-state index in [-0.39, 0.29) is 12.2 Å². The van der Waals surface area contributed by atoms with Crippen LogP contribution in [-0.4, -0.2) is 15.0 Å². The molecule has 0 spiro atoms. The van der Waals surface area contributed by atoms with E-state index in [1.54, 1.807) is 31.2 Å². The van der Waals surface area contributed by atoms with Crippen molar-refractivity contribution in [3.8, 4) is 0 Å². The number of rotatable bonds is 5. The Morgan fingerprint density at radius 1 is 1.14 bits per heavy atom. The van der Waals surface area contributed by atoms with Crippen molar-refractivity contribution in [3.05, 3.63) is 97.5 Å². The maximum Gasteiger partial charge on any atom is 0.331 e. The largest absolute Gasteiger partial charge is 0.331 e. The summed E-state index contributed by atoms with van der Waals surface area (Å²) >= 11 is 6.12. The molecule has 1 heterocycles. The Morgan fingerprint density at radius 3 is 2.64 bits per heavy atom. The molecule has 1 amide bonds. The number of aryl methyl sites for hydroxylation is 1. The van der Waals surface area contributed by atoms with Gasteiger partial charge in [-0.15, -0.1) is 0 Å². The van der Waals surface area contributed by atoms with Crippen LogP contribution in [0.4, 0.5) is 10.1 Å². The topological polar surface area (TPSA) is 73.1 Å². The second kappa shape index (κ2) is 8.22. The van der Waals surface area contributed by atoms with Crippen molar-refractivity contribution >= 4 is 23.2 Å². The van der Waals surface area contributed by atoms with E-state index >= 15 is 0 Å². The number of amides is 1. The molecular weight excluding hydrogens is 385 g/mol. The molecule has 2 aromatic carbocycles. The van der Waals surface area contributed by atoms with Gasteiger partial charge < -0.3 is 5.32 Å². The zero-order valence-electron chi connectivity index (χ0n) is 15.0. The minimum absolute atomic E-state index is 0.156. The predicted octanol–water partition coefficient (Wildman–Crippen LogP) is 2.80. The predicted molar refractivity (Wildman–Crippen MR) is 105 cm³/mol. The molecule has 0 aliphatic rings. The van der Waals surface area contributed by atoms with Gasteiger partial charge >= 0.3 is 5.69 Å². The van der Waals surface area contributed by atoms with Crippen LogP contribution in [0.15, 0.2) is 64.3 Å². The maximum atomic E-state index is 13.4. The summed E-state index contributed by atoms with van der Waals surface area (Å²) in [6.45, 7) is 1.38. The number of carbonyl (C=O) groups excluding carboxylic acids is 1. The highest BCUT2D eigenvalue weighted by Gasteiger charge is 2.12. The number of anilines is 1. The van der Waals surface area contributed by atoms with Gasteiger partial charge in [-0.1, -0.05) is 35.9 Å². The summed E-state index contributed by atoms with van der Waals surface area (Å²) in [4.78, 5) is 37.1. The number of hydrogen-bond acceptors (Lipinski definition) is 3. The van der Waals surface area contributed by atoms with Crippen LogP contribution in [-0.2, 0) is 17.9 Å². The number of hydrogen-bond donors (Lipinski definition) is 1. The van der Waals surface area contributed by atoms with Crippen LogP contribution < -0.4 is 16.6 Å². The maximum absolute atomic E-state index is 13.4. The van der Waals surface area contributed by atoms with Crippen LogP contribution in [0.25, 0.3) is 0 Å². The molecule has 0 saturated carbocycles.